The van der Waals surface area contributed by atoms with Gasteiger partial charge in [0.25, 0.3) is 5.84 Å². The van der Waals surface area contributed by atoms with Crippen molar-refractivity contribution in [2.24, 2.45) is 21.7 Å². The van der Waals surface area contributed by atoms with Gasteiger partial charge in [-0.05, 0) is 56.2 Å². The number of quaternary nitrogens is 1. The van der Waals surface area contributed by atoms with Crippen LogP contribution in [0.1, 0.15) is 25.3 Å². The summed E-state index contributed by atoms with van der Waals surface area (Å²) in [6.45, 7) is 1.87. The van der Waals surface area contributed by atoms with Gasteiger partial charge in [-0.3, -0.25) is 4.99 Å². The zero-order valence-electron chi connectivity index (χ0n) is 16.3. The van der Waals surface area contributed by atoms with E-state index in [1.54, 1.807) is 12.4 Å². The Bertz CT molecular complexity index is 1060. The van der Waals surface area contributed by atoms with Gasteiger partial charge in [0, 0.05) is 17.3 Å². The highest BCUT2D eigenvalue weighted by Crippen LogP contribution is 2.46. The molecule has 5 rings (SSSR count). The first-order valence-corrected chi connectivity index (χ1v) is 9.82. The number of nitrogens with zero attached hydrogens (tertiary/aromatic N) is 3. The lowest BCUT2D eigenvalue weighted by molar-refractivity contribution is -0.750. The second kappa shape index (κ2) is 6.49. The molecule has 0 radical (unpaired) electrons. The molecule has 0 bridgehead atoms. The Balaban J connectivity index is 1.45. The molecule has 1 unspecified atom stereocenters. The Hall–Kier alpha value is -3.06. The number of nitrogens with two attached hydrogens (primary N) is 1. The number of aliphatic hydroxyl groups is 1. The van der Waals surface area contributed by atoms with Gasteiger partial charge < -0.3 is 10.4 Å². The number of nitrogens with one attached hydrogen (secondary N) is 1. The number of para-hydroxylation sites is 1. The molecule has 1 fully saturated rings. The van der Waals surface area contributed by atoms with Crippen LogP contribution in [0.4, 0.5) is 11.4 Å². The molecule has 2 aromatic rings. The van der Waals surface area contributed by atoms with Crippen molar-refractivity contribution in [1.82, 2.24) is 0 Å². The number of anilines is 2. The van der Waals surface area contributed by atoms with Gasteiger partial charge in [-0.25, -0.2) is 0 Å². The van der Waals surface area contributed by atoms with Crippen LogP contribution in [0.5, 0.6) is 0 Å². The molecule has 0 aromatic heterocycles. The van der Waals surface area contributed by atoms with Gasteiger partial charge in [-0.15, -0.1) is 4.59 Å². The van der Waals surface area contributed by atoms with Crippen molar-refractivity contribution in [1.29, 1.82) is 0 Å². The van der Waals surface area contributed by atoms with Crippen LogP contribution in [0.25, 0.3) is 0 Å². The molecule has 6 nitrogen and oxygen atoms in total. The van der Waals surface area contributed by atoms with Gasteiger partial charge in [-0.1, -0.05) is 18.2 Å². The third kappa shape index (κ3) is 3.11. The highest BCUT2D eigenvalue weighted by molar-refractivity contribution is 6.00. The normalized spacial score (nSPS) is 30.0. The Morgan fingerprint density at radius 2 is 1.76 bits per heavy atom. The number of rotatable bonds is 4. The van der Waals surface area contributed by atoms with E-state index in [1.807, 2.05) is 67.7 Å². The van der Waals surface area contributed by atoms with Crippen molar-refractivity contribution < 1.29 is 9.70 Å². The Morgan fingerprint density at radius 1 is 1.07 bits per heavy atom. The highest BCUT2D eigenvalue weighted by Gasteiger charge is 2.50. The molecule has 1 atom stereocenters. The first-order valence-electron chi connectivity index (χ1n) is 9.82. The van der Waals surface area contributed by atoms with Gasteiger partial charge >= 0.3 is 0 Å². The van der Waals surface area contributed by atoms with E-state index in [4.69, 9.17) is 10.8 Å². The second-order valence-corrected chi connectivity index (χ2v) is 8.23. The summed E-state index contributed by atoms with van der Waals surface area (Å²) in [7, 11) is 0. The maximum atomic E-state index is 10.2. The molecule has 2 heterocycles. The summed E-state index contributed by atoms with van der Waals surface area (Å²) in [5.74, 6) is 7.75. The summed E-state index contributed by atoms with van der Waals surface area (Å²) < 4.78 is 0.0168. The highest BCUT2D eigenvalue weighted by atomic mass is 16.3. The van der Waals surface area contributed by atoms with E-state index in [1.165, 1.54) is 0 Å². The number of benzene rings is 2. The lowest BCUT2D eigenvalue weighted by Gasteiger charge is -2.40. The summed E-state index contributed by atoms with van der Waals surface area (Å²) in [4.78, 5) is 9.22. The summed E-state index contributed by atoms with van der Waals surface area (Å²) in [5, 5.41) is 13.6. The predicted octanol–water partition coefficient (Wildman–Crippen LogP) is 3.81. The largest absolute Gasteiger partial charge is 0.390 e. The SMILES string of the molecule is CC1(O)CC(C2=C3C=NC=C[N+]3(N)C(c3ccc(Nc4ccccc4)cc3)=N2)C1. The zero-order chi connectivity index (χ0) is 20.1. The van der Waals surface area contributed by atoms with Gasteiger partial charge in [-0.2, -0.15) is 10.8 Å². The third-order valence-corrected chi connectivity index (χ3v) is 5.79. The minimum absolute atomic E-state index is 0.0168. The monoisotopic (exact) mass is 386 g/mol. The Labute approximate surface area is 170 Å². The fourth-order valence-electron chi connectivity index (χ4n) is 4.29. The van der Waals surface area contributed by atoms with Crippen LogP contribution in [-0.2, 0) is 0 Å². The number of amidine groups is 1. The van der Waals surface area contributed by atoms with Gasteiger partial charge in [0.1, 0.15) is 11.9 Å². The molecular weight excluding hydrogens is 362 g/mol. The van der Waals surface area contributed by atoms with Crippen molar-refractivity contribution in [2.45, 2.75) is 25.4 Å². The molecule has 0 spiro atoms. The van der Waals surface area contributed by atoms with E-state index in [9.17, 15) is 5.11 Å². The average molecular weight is 386 g/mol. The lowest BCUT2D eigenvalue weighted by Crippen LogP contribution is -2.53. The smallest absolute Gasteiger partial charge is 0.264 e. The molecule has 29 heavy (non-hydrogen) atoms. The van der Waals surface area contributed by atoms with Gasteiger partial charge in [0.15, 0.2) is 0 Å². The molecule has 2 aliphatic heterocycles. The number of hydrogen-bond acceptors (Lipinski definition) is 5. The molecule has 0 amide bonds. The summed E-state index contributed by atoms with van der Waals surface area (Å²) in [6.07, 6.45) is 6.75. The number of allylic oxidation sites excluding steroid dienone is 2. The number of fused-ring (bicyclic) bond motifs is 1. The molecule has 3 aliphatic rings. The van der Waals surface area contributed by atoms with Crippen molar-refractivity contribution in [3.8, 4) is 0 Å². The fourth-order valence-corrected chi connectivity index (χ4v) is 4.29. The summed E-state index contributed by atoms with van der Waals surface area (Å²) >= 11 is 0. The van der Waals surface area contributed by atoms with E-state index in [2.05, 4.69) is 10.3 Å². The van der Waals surface area contributed by atoms with Crippen LogP contribution in [0, 0.1) is 5.92 Å². The topological polar surface area (TPSA) is 83.0 Å². The van der Waals surface area contributed by atoms with Crippen molar-refractivity contribution >= 4 is 23.4 Å². The fraction of sp³-hybridized carbons (Fsp3) is 0.217. The van der Waals surface area contributed by atoms with Crippen LogP contribution < -0.4 is 11.2 Å². The first kappa shape index (κ1) is 18.0. The Morgan fingerprint density at radius 3 is 2.45 bits per heavy atom. The molecule has 1 saturated carbocycles. The lowest BCUT2D eigenvalue weighted by atomic mass is 9.70. The van der Waals surface area contributed by atoms with Crippen LogP contribution in [0.3, 0.4) is 0 Å². The summed E-state index contributed by atoms with van der Waals surface area (Å²) in [5.41, 5.74) is 4.21. The van der Waals surface area contributed by atoms with Crippen LogP contribution >= 0.6 is 0 Å². The minimum atomic E-state index is -0.618. The summed E-state index contributed by atoms with van der Waals surface area (Å²) in [6, 6.07) is 18.2. The van der Waals surface area contributed by atoms with E-state index in [-0.39, 0.29) is 10.5 Å². The van der Waals surface area contributed by atoms with Crippen LogP contribution in [-0.4, -0.2) is 27.3 Å². The molecule has 2 aromatic carbocycles. The van der Waals surface area contributed by atoms with Crippen molar-refractivity contribution in [3.05, 3.63) is 84.0 Å². The van der Waals surface area contributed by atoms with Gasteiger partial charge in [0.05, 0.1) is 23.6 Å². The standard InChI is InChI=1S/C23H24N5O/c1-23(29)13-17(14-23)21-20-15-25-11-12-28(20,24)22(27-21)16-7-9-19(10-8-16)26-18-5-3-2-4-6-18/h2-12,15,17,26,29H,13-14,24H2,1H3/q+1. The van der Waals surface area contributed by atoms with Crippen molar-refractivity contribution in [2.75, 3.05) is 5.32 Å². The van der Waals surface area contributed by atoms with Crippen molar-refractivity contribution in [3.63, 3.8) is 0 Å². The minimum Gasteiger partial charge on any atom is -0.390 e. The van der Waals surface area contributed by atoms with E-state index < -0.39 is 5.60 Å². The predicted molar refractivity (Wildman–Crippen MR) is 115 cm³/mol. The van der Waals surface area contributed by atoms with E-state index in [0.717, 1.165) is 34.2 Å². The molecular formula is C23H24N5O+. The van der Waals surface area contributed by atoms with E-state index >= 15 is 0 Å². The molecule has 4 N–H and O–H groups in total. The maximum absolute atomic E-state index is 10.2. The Kier molecular flexibility index (Phi) is 4.03. The maximum Gasteiger partial charge on any atom is 0.264 e. The molecule has 1 aliphatic carbocycles. The first-order chi connectivity index (χ1) is 13.9. The zero-order valence-corrected chi connectivity index (χ0v) is 16.3. The number of hydrogen-bond donors (Lipinski definition) is 3. The second-order valence-electron chi connectivity index (χ2n) is 8.23. The quantitative estimate of drug-likeness (QED) is 0.552. The van der Waals surface area contributed by atoms with Gasteiger partial charge in [0.2, 0.25) is 5.70 Å². The van der Waals surface area contributed by atoms with Crippen LogP contribution in [0.15, 0.2) is 88.4 Å². The molecule has 0 saturated heterocycles. The van der Waals surface area contributed by atoms with E-state index in [0.29, 0.717) is 12.8 Å². The third-order valence-electron chi connectivity index (χ3n) is 5.79. The van der Waals surface area contributed by atoms with Crippen LogP contribution in [0.2, 0.25) is 0 Å². The average Bonchev–Trinajstić information content (AvgIpc) is 3.00. The molecule has 146 valence electrons. The molecule has 6 heteroatoms. The number of aliphatic imine (C=N–C) groups is 2.